The van der Waals surface area contributed by atoms with Gasteiger partial charge in [0.15, 0.2) is 17.7 Å². The molecule has 7 nitrogen and oxygen atoms in total. The number of amides is 2. The fraction of sp³-hybridized carbons (Fsp3) is 0.467. The first-order valence-electron chi connectivity index (χ1n) is 7.56. The highest BCUT2D eigenvalue weighted by Gasteiger charge is 2.36. The molecule has 2 saturated heterocycles. The van der Waals surface area contributed by atoms with E-state index in [1.165, 1.54) is 0 Å². The lowest BCUT2D eigenvalue weighted by Gasteiger charge is -2.24. The van der Waals surface area contributed by atoms with Crippen LogP contribution in [0, 0.1) is 11.6 Å². The average Bonchev–Trinajstić information content (AvgIpc) is 2.73. The van der Waals surface area contributed by atoms with Gasteiger partial charge in [-0.2, -0.15) is 0 Å². The van der Waals surface area contributed by atoms with Crippen molar-refractivity contribution in [3.63, 3.8) is 0 Å². The molecule has 2 aliphatic rings. The smallest absolute Gasteiger partial charge is 0.415 e. The van der Waals surface area contributed by atoms with Crippen molar-refractivity contribution in [1.29, 1.82) is 0 Å². The molecule has 2 aliphatic heterocycles. The van der Waals surface area contributed by atoms with Crippen molar-refractivity contribution in [2.45, 2.75) is 12.5 Å². The maximum Gasteiger partial charge on any atom is 0.415 e. The fourth-order valence-corrected chi connectivity index (χ4v) is 2.80. The Balaban J connectivity index is 1.87. The number of ether oxygens (including phenoxy) is 2. The number of carbonyl (C=O) groups is 2. The number of nitrogens with zero attached hydrogens (tertiary/aromatic N) is 2. The highest BCUT2D eigenvalue weighted by Crippen LogP contribution is 2.31. The second kappa shape index (κ2) is 6.60. The molecule has 0 unspecified atom stereocenters. The number of cyclic esters (lactones) is 1. The lowest BCUT2D eigenvalue weighted by molar-refractivity contribution is -0.124. The topological polar surface area (TPSA) is 85.1 Å². The molecule has 9 heteroatoms. The zero-order valence-electron chi connectivity index (χ0n) is 12.8. The standard InChI is InChI=1S/C15H17F2N3O4/c16-10-6-9(20-8-12(14(18)21)24-15(20)22)7-11(17)13(10)19-2-1-4-23-5-3-19/h6-7,12H,1-5,8H2,(H2,18,21)/t12-/m1/s1. The van der Waals surface area contributed by atoms with Crippen LogP contribution < -0.4 is 15.5 Å². The molecular weight excluding hydrogens is 324 g/mol. The molecule has 24 heavy (non-hydrogen) atoms. The molecular formula is C15H17F2N3O4. The number of carbonyl (C=O) groups excluding carboxylic acids is 2. The molecule has 0 aliphatic carbocycles. The first-order valence-corrected chi connectivity index (χ1v) is 7.56. The van der Waals surface area contributed by atoms with Crippen LogP contribution in [0.15, 0.2) is 12.1 Å². The monoisotopic (exact) mass is 341 g/mol. The Morgan fingerprint density at radius 3 is 2.54 bits per heavy atom. The third-order valence-electron chi connectivity index (χ3n) is 3.98. The summed E-state index contributed by atoms with van der Waals surface area (Å²) in [6.07, 6.45) is -1.33. The van der Waals surface area contributed by atoms with E-state index >= 15 is 0 Å². The predicted molar refractivity (Wildman–Crippen MR) is 80.8 cm³/mol. The summed E-state index contributed by atoms with van der Waals surface area (Å²) in [5, 5.41) is 0. The van der Waals surface area contributed by atoms with E-state index in [0.29, 0.717) is 32.7 Å². The fourth-order valence-electron chi connectivity index (χ4n) is 2.80. The quantitative estimate of drug-likeness (QED) is 0.887. The largest absolute Gasteiger partial charge is 0.434 e. The minimum atomic E-state index is -1.13. The number of benzene rings is 1. The zero-order chi connectivity index (χ0) is 17.3. The molecule has 0 radical (unpaired) electrons. The Morgan fingerprint density at radius 1 is 1.21 bits per heavy atom. The number of primary amides is 1. The lowest BCUT2D eigenvalue weighted by atomic mass is 10.2. The molecule has 2 heterocycles. The zero-order valence-corrected chi connectivity index (χ0v) is 12.8. The summed E-state index contributed by atoms with van der Waals surface area (Å²) in [7, 11) is 0. The Bertz CT molecular complexity index is 639. The van der Waals surface area contributed by atoms with Crippen molar-refractivity contribution < 1.29 is 27.8 Å². The van der Waals surface area contributed by atoms with E-state index in [0.717, 1.165) is 17.0 Å². The van der Waals surface area contributed by atoms with Crippen LogP contribution in [0.25, 0.3) is 0 Å². The molecule has 0 bridgehead atoms. The van der Waals surface area contributed by atoms with Crippen molar-refractivity contribution in [3.05, 3.63) is 23.8 Å². The van der Waals surface area contributed by atoms with Gasteiger partial charge in [-0.3, -0.25) is 9.69 Å². The van der Waals surface area contributed by atoms with Crippen molar-refractivity contribution in [2.24, 2.45) is 5.73 Å². The molecule has 2 N–H and O–H groups in total. The summed E-state index contributed by atoms with van der Waals surface area (Å²) in [5.74, 6) is -2.39. The van der Waals surface area contributed by atoms with Crippen LogP contribution in [0.2, 0.25) is 0 Å². The van der Waals surface area contributed by atoms with Crippen molar-refractivity contribution >= 4 is 23.4 Å². The molecule has 3 rings (SSSR count). The first kappa shape index (κ1) is 16.4. The van der Waals surface area contributed by atoms with Gasteiger partial charge in [-0.15, -0.1) is 0 Å². The Hall–Kier alpha value is -2.42. The van der Waals surface area contributed by atoms with Gasteiger partial charge in [0.25, 0.3) is 5.91 Å². The second-order valence-electron chi connectivity index (χ2n) is 5.60. The van der Waals surface area contributed by atoms with Gasteiger partial charge in [-0.05, 0) is 6.42 Å². The van der Waals surface area contributed by atoms with Crippen LogP contribution in [0.1, 0.15) is 6.42 Å². The Labute approximate surface area is 136 Å². The van der Waals surface area contributed by atoms with E-state index in [-0.39, 0.29) is 17.9 Å². The van der Waals surface area contributed by atoms with Crippen LogP contribution in [0.5, 0.6) is 0 Å². The minimum absolute atomic E-state index is 0.0198. The highest BCUT2D eigenvalue weighted by molar-refractivity contribution is 5.95. The maximum atomic E-state index is 14.5. The van der Waals surface area contributed by atoms with Crippen LogP contribution in [0.4, 0.5) is 25.0 Å². The maximum absolute atomic E-state index is 14.5. The van der Waals surface area contributed by atoms with E-state index in [2.05, 4.69) is 0 Å². The molecule has 0 aromatic heterocycles. The summed E-state index contributed by atoms with van der Waals surface area (Å²) in [6, 6.07) is 2.10. The van der Waals surface area contributed by atoms with Gasteiger partial charge in [0.1, 0.15) is 5.69 Å². The predicted octanol–water partition coefficient (Wildman–Crippen LogP) is 1.00. The molecule has 1 aromatic rings. The van der Waals surface area contributed by atoms with Gasteiger partial charge >= 0.3 is 6.09 Å². The van der Waals surface area contributed by atoms with Crippen molar-refractivity contribution in [3.8, 4) is 0 Å². The summed E-state index contributed by atoms with van der Waals surface area (Å²) in [5.41, 5.74) is 4.92. The molecule has 0 saturated carbocycles. The van der Waals surface area contributed by atoms with Crippen LogP contribution in [-0.2, 0) is 14.3 Å². The Morgan fingerprint density at radius 2 is 1.92 bits per heavy atom. The molecule has 0 spiro atoms. The Kier molecular flexibility index (Phi) is 4.52. The van der Waals surface area contributed by atoms with E-state index in [9.17, 15) is 18.4 Å². The third kappa shape index (κ3) is 3.12. The number of hydrogen-bond acceptors (Lipinski definition) is 5. The number of nitrogens with two attached hydrogens (primary N) is 1. The molecule has 2 amide bonds. The number of halogens is 2. The highest BCUT2D eigenvalue weighted by atomic mass is 19.1. The SMILES string of the molecule is NC(=O)[C@H]1CN(c2cc(F)c(N3CCCOCC3)c(F)c2)C(=O)O1. The number of rotatable bonds is 3. The van der Waals surface area contributed by atoms with E-state index in [4.69, 9.17) is 15.2 Å². The summed E-state index contributed by atoms with van der Waals surface area (Å²) < 4.78 is 39.0. The summed E-state index contributed by atoms with van der Waals surface area (Å²) in [4.78, 5) is 25.4. The van der Waals surface area contributed by atoms with Crippen LogP contribution >= 0.6 is 0 Å². The average molecular weight is 341 g/mol. The number of hydrogen-bond donors (Lipinski definition) is 1. The third-order valence-corrected chi connectivity index (χ3v) is 3.98. The molecule has 1 atom stereocenters. The van der Waals surface area contributed by atoms with Crippen molar-refractivity contribution in [2.75, 3.05) is 42.6 Å². The van der Waals surface area contributed by atoms with Gasteiger partial charge in [-0.25, -0.2) is 13.6 Å². The second-order valence-corrected chi connectivity index (χ2v) is 5.60. The number of anilines is 2. The van der Waals surface area contributed by atoms with Gasteiger partial charge in [-0.1, -0.05) is 0 Å². The van der Waals surface area contributed by atoms with Gasteiger partial charge in [0.05, 0.1) is 18.8 Å². The van der Waals surface area contributed by atoms with Gasteiger partial charge in [0, 0.05) is 31.8 Å². The first-order chi connectivity index (χ1) is 11.5. The molecule has 2 fully saturated rings. The van der Waals surface area contributed by atoms with E-state index < -0.39 is 29.7 Å². The summed E-state index contributed by atoms with van der Waals surface area (Å²) in [6.45, 7) is 1.61. The summed E-state index contributed by atoms with van der Waals surface area (Å²) >= 11 is 0. The van der Waals surface area contributed by atoms with Gasteiger partial charge < -0.3 is 20.1 Å². The van der Waals surface area contributed by atoms with Crippen LogP contribution in [-0.4, -0.2) is 51.0 Å². The van der Waals surface area contributed by atoms with E-state index in [1.54, 1.807) is 4.90 Å². The van der Waals surface area contributed by atoms with Gasteiger partial charge in [0.2, 0.25) is 0 Å². The molecule has 1 aromatic carbocycles. The molecule has 130 valence electrons. The minimum Gasteiger partial charge on any atom is -0.434 e. The van der Waals surface area contributed by atoms with Crippen molar-refractivity contribution in [1.82, 2.24) is 0 Å². The van der Waals surface area contributed by atoms with Crippen LogP contribution in [0.3, 0.4) is 0 Å². The van der Waals surface area contributed by atoms with E-state index in [1.807, 2.05) is 0 Å². The normalized spacial score (nSPS) is 21.6. The lowest BCUT2D eigenvalue weighted by Crippen LogP contribution is -2.33.